The number of carbonyl (C=O) groups excluding carboxylic acids is 1. The van der Waals surface area contributed by atoms with E-state index in [1.165, 1.54) is 0 Å². The summed E-state index contributed by atoms with van der Waals surface area (Å²) in [5, 5.41) is 29.7. The zero-order valence-electron chi connectivity index (χ0n) is 8.44. The molecule has 0 aromatic carbocycles. The van der Waals surface area contributed by atoms with E-state index in [-0.39, 0.29) is 6.54 Å². The van der Waals surface area contributed by atoms with Gasteiger partial charge in [-0.3, -0.25) is 4.79 Å². The van der Waals surface area contributed by atoms with E-state index >= 15 is 0 Å². The Kier molecular flexibility index (Phi) is 7.60. The van der Waals surface area contributed by atoms with Gasteiger partial charge in [-0.05, 0) is 13.0 Å². The van der Waals surface area contributed by atoms with Crippen LogP contribution in [0.3, 0.4) is 0 Å². The molecule has 4 N–H and O–H groups in total. The Morgan fingerprint density at radius 3 is 2.57 bits per heavy atom. The third-order valence-corrected chi connectivity index (χ3v) is 1.91. The zero-order valence-corrected chi connectivity index (χ0v) is 8.44. The second-order valence-corrected chi connectivity index (χ2v) is 3.19. The lowest BCUT2D eigenvalue weighted by Gasteiger charge is -2.16. The van der Waals surface area contributed by atoms with Gasteiger partial charge in [0, 0.05) is 6.54 Å². The molecule has 0 fully saturated rings. The van der Waals surface area contributed by atoms with Crippen molar-refractivity contribution in [3.8, 4) is 0 Å². The molecule has 84 valence electrons. The van der Waals surface area contributed by atoms with Crippen LogP contribution >= 0.6 is 0 Å². The summed E-state index contributed by atoms with van der Waals surface area (Å²) in [7, 11) is 0. The number of unbranched alkanes of at least 4 members (excludes halogenated alkanes) is 1. The topological polar surface area (TPSA) is 89.8 Å². The Morgan fingerprint density at radius 1 is 1.43 bits per heavy atom. The molecule has 0 radical (unpaired) electrons. The number of hydrogen-bond acceptors (Lipinski definition) is 5. The zero-order chi connectivity index (χ0) is 11.0. The highest BCUT2D eigenvalue weighted by atomic mass is 16.3. The number of hydrogen-bond donors (Lipinski definition) is 4. The number of carbonyl (C=O) groups is 1. The molecule has 0 aromatic heterocycles. The van der Waals surface area contributed by atoms with Crippen molar-refractivity contribution in [2.24, 2.45) is 0 Å². The number of aliphatic hydroxyl groups is 3. The van der Waals surface area contributed by atoms with Crippen molar-refractivity contribution in [2.75, 3.05) is 19.7 Å². The van der Waals surface area contributed by atoms with Crippen LogP contribution in [0.15, 0.2) is 0 Å². The van der Waals surface area contributed by atoms with Crippen LogP contribution in [-0.2, 0) is 4.79 Å². The number of ketones is 1. The Hall–Kier alpha value is -0.490. The number of Topliss-reactive ketones (excluding diaryl/α,β-unsaturated/α-hetero) is 1. The van der Waals surface area contributed by atoms with Gasteiger partial charge in [0.1, 0.15) is 12.7 Å². The van der Waals surface area contributed by atoms with E-state index in [0.29, 0.717) is 0 Å². The van der Waals surface area contributed by atoms with Gasteiger partial charge in [-0.2, -0.15) is 0 Å². The summed E-state index contributed by atoms with van der Waals surface area (Å²) < 4.78 is 0. The predicted molar refractivity (Wildman–Crippen MR) is 51.9 cm³/mol. The van der Waals surface area contributed by atoms with Crippen molar-refractivity contribution in [1.82, 2.24) is 5.32 Å². The maximum absolute atomic E-state index is 10.8. The SMILES string of the molecule is CCCCNC[C@@H](O)[C@H](O)C(=O)CO. The first kappa shape index (κ1) is 13.5. The van der Waals surface area contributed by atoms with E-state index in [1.54, 1.807) is 0 Å². The Morgan fingerprint density at radius 2 is 2.07 bits per heavy atom. The van der Waals surface area contributed by atoms with Crippen LogP contribution in [0.2, 0.25) is 0 Å². The van der Waals surface area contributed by atoms with Crippen molar-refractivity contribution in [3.05, 3.63) is 0 Å². The summed E-state index contributed by atoms with van der Waals surface area (Å²) >= 11 is 0. The predicted octanol–water partition coefficient (Wildman–Crippen LogP) is -1.34. The summed E-state index contributed by atoms with van der Waals surface area (Å²) in [5.41, 5.74) is 0. The second kappa shape index (κ2) is 7.87. The smallest absolute Gasteiger partial charge is 0.189 e. The molecule has 0 amide bonds. The Balaban J connectivity index is 3.61. The van der Waals surface area contributed by atoms with Crippen molar-refractivity contribution in [3.63, 3.8) is 0 Å². The molecule has 5 nitrogen and oxygen atoms in total. The lowest BCUT2D eigenvalue weighted by atomic mass is 10.1. The monoisotopic (exact) mass is 205 g/mol. The van der Waals surface area contributed by atoms with Crippen LogP contribution in [0.5, 0.6) is 0 Å². The minimum absolute atomic E-state index is 0.160. The molecule has 0 unspecified atom stereocenters. The van der Waals surface area contributed by atoms with Crippen LogP contribution < -0.4 is 5.32 Å². The van der Waals surface area contributed by atoms with Gasteiger partial charge in [-0.15, -0.1) is 0 Å². The maximum Gasteiger partial charge on any atom is 0.189 e. The molecule has 0 aliphatic heterocycles. The van der Waals surface area contributed by atoms with E-state index in [0.717, 1.165) is 19.4 Å². The fourth-order valence-corrected chi connectivity index (χ4v) is 0.971. The molecule has 5 heteroatoms. The van der Waals surface area contributed by atoms with E-state index in [1.807, 2.05) is 6.92 Å². The third-order valence-electron chi connectivity index (χ3n) is 1.91. The van der Waals surface area contributed by atoms with Gasteiger partial charge in [0.2, 0.25) is 0 Å². The van der Waals surface area contributed by atoms with Gasteiger partial charge in [0.05, 0.1) is 6.10 Å². The fourth-order valence-electron chi connectivity index (χ4n) is 0.971. The van der Waals surface area contributed by atoms with Gasteiger partial charge in [-0.1, -0.05) is 13.3 Å². The molecule has 0 saturated heterocycles. The van der Waals surface area contributed by atoms with Gasteiger partial charge in [-0.25, -0.2) is 0 Å². The molecule has 14 heavy (non-hydrogen) atoms. The fraction of sp³-hybridized carbons (Fsp3) is 0.889. The van der Waals surface area contributed by atoms with Gasteiger partial charge >= 0.3 is 0 Å². The number of rotatable bonds is 8. The molecular formula is C9H19NO4. The maximum atomic E-state index is 10.8. The minimum atomic E-state index is -1.49. The summed E-state index contributed by atoms with van der Waals surface area (Å²) in [6.07, 6.45) is -0.613. The molecule has 0 saturated carbocycles. The largest absolute Gasteiger partial charge is 0.389 e. The van der Waals surface area contributed by atoms with Crippen LogP contribution in [0.1, 0.15) is 19.8 Å². The molecule has 0 heterocycles. The highest BCUT2D eigenvalue weighted by Crippen LogP contribution is 1.94. The van der Waals surface area contributed by atoms with E-state index in [9.17, 15) is 9.90 Å². The molecule has 0 spiro atoms. The minimum Gasteiger partial charge on any atom is -0.389 e. The van der Waals surface area contributed by atoms with Crippen LogP contribution in [0.4, 0.5) is 0 Å². The molecule has 0 rings (SSSR count). The first-order chi connectivity index (χ1) is 6.63. The Labute approximate surface area is 83.8 Å². The van der Waals surface area contributed by atoms with Crippen molar-refractivity contribution < 1.29 is 20.1 Å². The van der Waals surface area contributed by atoms with Crippen LogP contribution in [0, 0.1) is 0 Å². The first-order valence-corrected chi connectivity index (χ1v) is 4.83. The Bertz CT molecular complexity index is 163. The van der Waals surface area contributed by atoms with Gasteiger partial charge in [0.15, 0.2) is 5.78 Å². The van der Waals surface area contributed by atoms with Gasteiger partial charge in [0.25, 0.3) is 0 Å². The van der Waals surface area contributed by atoms with Crippen molar-refractivity contribution in [1.29, 1.82) is 0 Å². The molecular weight excluding hydrogens is 186 g/mol. The van der Waals surface area contributed by atoms with E-state index in [2.05, 4.69) is 5.32 Å². The molecule has 0 aromatic rings. The quantitative estimate of drug-likeness (QED) is 0.368. The summed E-state index contributed by atoms with van der Waals surface area (Å²) in [6, 6.07) is 0. The summed E-state index contributed by atoms with van der Waals surface area (Å²) in [5.74, 6) is -0.755. The average molecular weight is 205 g/mol. The molecule has 0 aliphatic carbocycles. The molecule has 2 atom stereocenters. The van der Waals surface area contributed by atoms with Crippen molar-refractivity contribution in [2.45, 2.75) is 32.0 Å². The third kappa shape index (κ3) is 5.29. The lowest BCUT2D eigenvalue weighted by Crippen LogP contribution is -2.42. The summed E-state index contributed by atoms with van der Waals surface area (Å²) in [4.78, 5) is 10.8. The van der Waals surface area contributed by atoms with Gasteiger partial charge < -0.3 is 20.6 Å². The lowest BCUT2D eigenvalue weighted by molar-refractivity contribution is -0.135. The average Bonchev–Trinajstić information content (AvgIpc) is 2.21. The first-order valence-electron chi connectivity index (χ1n) is 4.83. The standard InChI is InChI=1S/C9H19NO4/c1-2-3-4-10-5-7(12)9(14)8(13)6-11/h7,9-12,14H,2-6H2,1H3/t7-,9+/m1/s1. The van der Waals surface area contributed by atoms with Crippen LogP contribution in [0.25, 0.3) is 0 Å². The summed E-state index contributed by atoms with van der Waals surface area (Å²) in [6.45, 7) is 2.20. The molecule has 0 aliphatic rings. The van der Waals surface area contributed by atoms with Crippen LogP contribution in [-0.4, -0.2) is 53.0 Å². The van der Waals surface area contributed by atoms with E-state index in [4.69, 9.17) is 10.2 Å². The van der Waals surface area contributed by atoms with Crippen molar-refractivity contribution >= 4 is 5.78 Å². The number of aliphatic hydroxyl groups excluding tert-OH is 3. The highest BCUT2D eigenvalue weighted by Gasteiger charge is 2.22. The van der Waals surface area contributed by atoms with E-state index < -0.39 is 24.6 Å². The normalized spacial score (nSPS) is 15.1. The highest BCUT2D eigenvalue weighted by molar-refractivity contribution is 5.84. The molecule has 0 bridgehead atoms. The number of nitrogens with one attached hydrogen (secondary N) is 1. The second-order valence-electron chi connectivity index (χ2n) is 3.19.